The lowest BCUT2D eigenvalue weighted by Crippen LogP contribution is -2.32. The quantitative estimate of drug-likeness (QED) is 0.782. The zero-order chi connectivity index (χ0) is 13.8. The van der Waals surface area contributed by atoms with Gasteiger partial charge in [0.1, 0.15) is 11.8 Å². The van der Waals surface area contributed by atoms with Crippen molar-refractivity contribution in [3.63, 3.8) is 0 Å². The Kier molecular flexibility index (Phi) is 3.82. The van der Waals surface area contributed by atoms with E-state index in [9.17, 15) is 9.90 Å². The van der Waals surface area contributed by atoms with E-state index in [-0.39, 0.29) is 12.2 Å². The SMILES string of the molecule is NC(Cc1ccc(-c2ccccc2)c(O)c1)C(=O)O. The number of hydrogen-bond donors (Lipinski definition) is 3. The number of rotatable bonds is 4. The van der Waals surface area contributed by atoms with Crippen LogP contribution in [0.15, 0.2) is 48.5 Å². The zero-order valence-corrected chi connectivity index (χ0v) is 10.3. The normalized spacial score (nSPS) is 12.1. The average molecular weight is 257 g/mol. The van der Waals surface area contributed by atoms with Crippen LogP contribution in [0.1, 0.15) is 5.56 Å². The van der Waals surface area contributed by atoms with Gasteiger partial charge in [0.2, 0.25) is 0 Å². The van der Waals surface area contributed by atoms with Crippen molar-refractivity contribution >= 4 is 5.97 Å². The summed E-state index contributed by atoms with van der Waals surface area (Å²) in [5.41, 5.74) is 7.79. The number of nitrogens with two attached hydrogens (primary N) is 1. The molecule has 19 heavy (non-hydrogen) atoms. The first kappa shape index (κ1) is 13.1. The number of phenolic OH excluding ortho intramolecular Hbond substituents is 1. The number of hydrogen-bond acceptors (Lipinski definition) is 3. The van der Waals surface area contributed by atoms with E-state index in [4.69, 9.17) is 10.8 Å². The minimum absolute atomic E-state index is 0.126. The summed E-state index contributed by atoms with van der Waals surface area (Å²) < 4.78 is 0. The molecule has 0 amide bonds. The van der Waals surface area contributed by atoms with Crippen LogP contribution >= 0.6 is 0 Å². The van der Waals surface area contributed by atoms with Gasteiger partial charge < -0.3 is 15.9 Å². The monoisotopic (exact) mass is 257 g/mol. The van der Waals surface area contributed by atoms with E-state index in [0.717, 1.165) is 5.56 Å². The van der Waals surface area contributed by atoms with Crippen LogP contribution in [0.3, 0.4) is 0 Å². The standard InChI is InChI=1S/C15H15NO3/c16-13(15(18)19)8-10-6-7-12(14(17)9-10)11-4-2-1-3-5-11/h1-7,9,13,17H,8,16H2,(H,18,19). The topological polar surface area (TPSA) is 83.5 Å². The molecule has 4 N–H and O–H groups in total. The maximum Gasteiger partial charge on any atom is 0.320 e. The van der Waals surface area contributed by atoms with E-state index in [2.05, 4.69) is 0 Å². The lowest BCUT2D eigenvalue weighted by atomic mass is 10.00. The van der Waals surface area contributed by atoms with Crippen LogP contribution < -0.4 is 5.73 Å². The molecular weight excluding hydrogens is 242 g/mol. The number of aliphatic carboxylic acids is 1. The highest BCUT2D eigenvalue weighted by Gasteiger charge is 2.13. The predicted molar refractivity (Wildman–Crippen MR) is 72.9 cm³/mol. The molecule has 0 aliphatic rings. The molecule has 2 aromatic rings. The van der Waals surface area contributed by atoms with Gasteiger partial charge in [-0.1, -0.05) is 42.5 Å². The van der Waals surface area contributed by atoms with Crippen LogP contribution in [0.4, 0.5) is 0 Å². The van der Waals surface area contributed by atoms with Gasteiger partial charge in [-0.05, 0) is 23.6 Å². The Morgan fingerprint density at radius 2 is 1.84 bits per heavy atom. The molecule has 4 heteroatoms. The van der Waals surface area contributed by atoms with Gasteiger partial charge in [-0.3, -0.25) is 4.79 Å². The molecular formula is C15H15NO3. The molecule has 2 aromatic carbocycles. The summed E-state index contributed by atoms with van der Waals surface area (Å²) in [5.74, 6) is -0.923. The molecule has 0 aliphatic carbocycles. The second kappa shape index (κ2) is 5.54. The molecule has 4 nitrogen and oxygen atoms in total. The summed E-state index contributed by atoms with van der Waals surface area (Å²) in [6, 6.07) is 13.6. The van der Waals surface area contributed by atoms with Gasteiger partial charge in [0.15, 0.2) is 0 Å². The van der Waals surface area contributed by atoms with Crippen LogP contribution in [0, 0.1) is 0 Å². The van der Waals surface area contributed by atoms with E-state index in [0.29, 0.717) is 11.1 Å². The molecule has 0 aliphatic heterocycles. The van der Waals surface area contributed by atoms with Crippen LogP contribution in [-0.2, 0) is 11.2 Å². The van der Waals surface area contributed by atoms with Gasteiger partial charge in [-0.25, -0.2) is 0 Å². The van der Waals surface area contributed by atoms with E-state index in [1.807, 2.05) is 30.3 Å². The van der Waals surface area contributed by atoms with Crippen molar-refractivity contribution in [3.8, 4) is 16.9 Å². The molecule has 0 radical (unpaired) electrons. The van der Waals surface area contributed by atoms with Crippen molar-refractivity contribution in [2.45, 2.75) is 12.5 Å². The minimum atomic E-state index is -1.05. The Labute approximate surface area is 111 Å². The molecule has 0 spiro atoms. The maximum atomic E-state index is 10.7. The second-order valence-electron chi connectivity index (χ2n) is 4.37. The van der Waals surface area contributed by atoms with Crippen LogP contribution in [0.2, 0.25) is 0 Å². The van der Waals surface area contributed by atoms with Gasteiger partial charge in [-0.2, -0.15) is 0 Å². The summed E-state index contributed by atoms with van der Waals surface area (Å²) >= 11 is 0. The zero-order valence-electron chi connectivity index (χ0n) is 10.3. The van der Waals surface area contributed by atoms with Crippen molar-refractivity contribution in [2.24, 2.45) is 5.73 Å². The molecule has 0 fully saturated rings. The highest BCUT2D eigenvalue weighted by atomic mass is 16.4. The second-order valence-corrected chi connectivity index (χ2v) is 4.37. The fourth-order valence-electron chi connectivity index (χ4n) is 1.91. The summed E-state index contributed by atoms with van der Waals surface area (Å²) in [7, 11) is 0. The molecule has 2 rings (SSSR count). The number of benzene rings is 2. The van der Waals surface area contributed by atoms with Crippen LogP contribution in [-0.4, -0.2) is 22.2 Å². The maximum absolute atomic E-state index is 10.7. The number of carbonyl (C=O) groups is 1. The Hall–Kier alpha value is -2.33. The molecule has 98 valence electrons. The van der Waals surface area contributed by atoms with Gasteiger partial charge in [0, 0.05) is 5.56 Å². The van der Waals surface area contributed by atoms with Crippen LogP contribution in [0.5, 0.6) is 5.75 Å². The van der Waals surface area contributed by atoms with Crippen molar-refractivity contribution in [2.75, 3.05) is 0 Å². The number of phenols is 1. The lowest BCUT2D eigenvalue weighted by Gasteiger charge is -2.09. The molecule has 1 unspecified atom stereocenters. The van der Waals surface area contributed by atoms with Gasteiger partial charge >= 0.3 is 5.97 Å². The highest BCUT2D eigenvalue weighted by molar-refractivity contribution is 5.74. The Morgan fingerprint density at radius 3 is 2.42 bits per heavy atom. The van der Waals surface area contributed by atoms with Gasteiger partial charge in [0.25, 0.3) is 0 Å². The number of carboxylic acids is 1. The number of aromatic hydroxyl groups is 1. The summed E-state index contributed by atoms with van der Waals surface area (Å²) in [4.78, 5) is 10.7. The van der Waals surface area contributed by atoms with Crippen molar-refractivity contribution in [3.05, 3.63) is 54.1 Å². The third-order valence-electron chi connectivity index (χ3n) is 2.92. The van der Waals surface area contributed by atoms with E-state index in [1.54, 1.807) is 18.2 Å². The first-order valence-electron chi connectivity index (χ1n) is 5.93. The first-order valence-corrected chi connectivity index (χ1v) is 5.93. The van der Waals surface area contributed by atoms with E-state index >= 15 is 0 Å². The number of carboxylic acid groups (broad SMARTS) is 1. The molecule has 0 aromatic heterocycles. The van der Waals surface area contributed by atoms with Gasteiger partial charge in [-0.15, -0.1) is 0 Å². The summed E-state index contributed by atoms with van der Waals surface area (Å²) in [6.45, 7) is 0. The lowest BCUT2D eigenvalue weighted by molar-refractivity contribution is -0.138. The molecule has 0 heterocycles. The third-order valence-corrected chi connectivity index (χ3v) is 2.92. The Bertz CT molecular complexity index is 581. The van der Waals surface area contributed by atoms with E-state index < -0.39 is 12.0 Å². The smallest absolute Gasteiger partial charge is 0.320 e. The molecule has 0 bridgehead atoms. The van der Waals surface area contributed by atoms with E-state index in [1.165, 1.54) is 0 Å². The fraction of sp³-hybridized carbons (Fsp3) is 0.133. The third kappa shape index (κ3) is 3.11. The minimum Gasteiger partial charge on any atom is -0.507 e. The predicted octanol–water partition coefficient (Wildman–Crippen LogP) is 2.01. The Morgan fingerprint density at radius 1 is 1.16 bits per heavy atom. The van der Waals surface area contributed by atoms with Crippen molar-refractivity contribution in [1.82, 2.24) is 0 Å². The summed E-state index contributed by atoms with van der Waals surface area (Å²) in [6.07, 6.45) is 0.192. The molecule has 1 atom stereocenters. The highest BCUT2D eigenvalue weighted by Crippen LogP contribution is 2.29. The largest absolute Gasteiger partial charge is 0.507 e. The molecule has 0 saturated carbocycles. The first-order chi connectivity index (χ1) is 9.08. The van der Waals surface area contributed by atoms with Crippen LogP contribution in [0.25, 0.3) is 11.1 Å². The Balaban J connectivity index is 2.25. The molecule has 0 saturated heterocycles. The fourth-order valence-corrected chi connectivity index (χ4v) is 1.91. The van der Waals surface area contributed by atoms with Crippen molar-refractivity contribution in [1.29, 1.82) is 0 Å². The van der Waals surface area contributed by atoms with Crippen molar-refractivity contribution < 1.29 is 15.0 Å². The average Bonchev–Trinajstić information content (AvgIpc) is 2.39. The summed E-state index contributed by atoms with van der Waals surface area (Å²) in [5, 5.41) is 18.8. The van der Waals surface area contributed by atoms with Gasteiger partial charge in [0.05, 0.1) is 0 Å².